The van der Waals surface area contributed by atoms with Crippen molar-refractivity contribution in [1.82, 2.24) is 0 Å². The molecule has 41 heavy (non-hydrogen) atoms. The summed E-state index contributed by atoms with van der Waals surface area (Å²) in [6.07, 6.45) is 16.4. The summed E-state index contributed by atoms with van der Waals surface area (Å²) in [4.78, 5) is 13.0. The molecule has 222 valence electrons. The SMILES string of the molecule is CC(C)CCCC(C)C1CCC2C3CC=C4CC(OC(=O)Nc5cccc6ccccc56)CCC4(C)C3CCC12C. The average molecular weight is 556 g/mol. The topological polar surface area (TPSA) is 38.3 Å². The molecule has 0 radical (unpaired) electrons. The van der Waals surface area contributed by atoms with Gasteiger partial charge in [-0.1, -0.05) is 102 Å². The Morgan fingerprint density at radius 2 is 1.76 bits per heavy atom. The van der Waals surface area contributed by atoms with Gasteiger partial charge in [0.2, 0.25) is 0 Å². The number of benzene rings is 2. The number of hydrogen-bond acceptors (Lipinski definition) is 2. The van der Waals surface area contributed by atoms with Gasteiger partial charge < -0.3 is 4.74 Å². The van der Waals surface area contributed by atoms with E-state index in [-0.39, 0.29) is 17.6 Å². The van der Waals surface area contributed by atoms with Crippen molar-refractivity contribution in [3.63, 3.8) is 0 Å². The lowest BCUT2D eigenvalue weighted by Crippen LogP contribution is -2.51. The molecule has 6 rings (SSSR count). The van der Waals surface area contributed by atoms with Crippen LogP contribution in [0, 0.1) is 46.3 Å². The molecule has 3 saturated carbocycles. The highest BCUT2D eigenvalue weighted by atomic mass is 16.6. The minimum absolute atomic E-state index is 0.0303. The Labute approximate surface area is 248 Å². The first-order valence-corrected chi connectivity index (χ1v) is 16.8. The normalized spacial score (nSPS) is 35.3. The minimum atomic E-state index is -0.322. The molecule has 1 N–H and O–H groups in total. The summed E-state index contributed by atoms with van der Waals surface area (Å²) >= 11 is 0. The smallest absolute Gasteiger partial charge is 0.411 e. The van der Waals surface area contributed by atoms with Gasteiger partial charge in [0.25, 0.3) is 0 Å². The third kappa shape index (κ3) is 5.36. The third-order valence-corrected chi connectivity index (χ3v) is 12.6. The van der Waals surface area contributed by atoms with Crippen molar-refractivity contribution in [3.8, 4) is 0 Å². The van der Waals surface area contributed by atoms with Gasteiger partial charge in [-0.25, -0.2) is 4.79 Å². The first-order valence-electron chi connectivity index (χ1n) is 16.8. The van der Waals surface area contributed by atoms with Gasteiger partial charge >= 0.3 is 6.09 Å². The van der Waals surface area contributed by atoms with Crippen LogP contribution in [-0.4, -0.2) is 12.2 Å². The largest absolute Gasteiger partial charge is 0.446 e. The lowest BCUT2D eigenvalue weighted by Gasteiger charge is -2.58. The molecule has 0 aliphatic heterocycles. The van der Waals surface area contributed by atoms with E-state index in [1.807, 2.05) is 24.3 Å². The van der Waals surface area contributed by atoms with Gasteiger partial charge in [0.1, 0.15) is 6.10 Å². The van der Waals surface area contributed by atoms with E-state index in [2.05, 4.69) is 64.2 Å². The predicted octanol–water partition coefficient (Wildman–Crippen LogP) is 10.8. The molecule has 0 aromatic heterocycles. The van der Waals surface area contributed by atoms with Crippen LogP contribution in [-0.2, 0) is 4.74 Å². The number of nitrogens with one attached hydrogen (secondary N) is 1. The molecule has 4 aliphatic rings. The third-order valence-electron chi connectivity index (χ3n) is 12.6. The molecule has 3 nitrogen and oxygen atoms in total. The van der Waals surface area contributed by atoms with Crippen LogP contribution < -0.4 is 5.32 Å². The summed E-state index contributed by atoms with van der Waals surface area (Å²) in [6, 6.07) is 14.2. The molecule has 0 saturated heterocycles. The van der Waals surface area contributed by atoms with Gasteiger partial charge in [-0.05, 0) is 103 Å². The highest BCUT2D eigenvalue weighted by molar-refractivity contribution is 6.00. The minimum Gasteiger partial charge on any atom is -0.446 e. The van der Waals surface area contributed by atoms with Gasteiger partial charge in [0, 0.05) is 11.8 Å². The molecule has 4 aliphatic carbocycles. The van der Waals surface area contributed by atoms with Crippen LogP contribution in [0.25, 0.3) is 10.8 Å². The molecule has 2 aromatic carbocycles. The van der Waals surface area contributed by atoms with E-state index >= 15 is 0 Å². The molecular weight excluding hydrogens is 502 g/mol. The number of ether oxygens (including phenoxy) is 1. The van der Waals surface area contributed by atoms with Crippen LogP contribution in [0.4, 0.5) is 10.5 Å². The van der Waals surface area contributed by atoms with E-state index in [0.29, 0.717) is 5.41 Å². The summed E-state index contributed by atoms with van der Waals surface area (Å²) in [6.45, 7) is 12.6. The highest BCUT2D eigenvalue weighted by Gasteiger charge is 2.59. The average Bonchev–Trinajstić information content (AvgIpc) is 3.30. The maximum atomic E-state index is 13.0. The van der Waals surface area contributed by atoms with E-state index in [4.69, 9.17) is 4.74 Å². The van der Waals surface area contributed by atoms with Gasteiger partial charge in [-0.15, -0.1) is 0 Å². The highest BCUT2D eigenvalue weighted by Crippen LogP contribution is 2.67. The molecule has 0 heterocycles. The quantitative estimate of drug-likeness (QED) is 0.345. The predicted molar refractivity (Wildman–Crippen MR) is 171 cm³/mol. The summed E-state index contributed by atoms with van der Waals surface area (Å²) < 4.78 is 6.06. The second-order valence-electron chi connectivity index (χ2n) is 15.2. The zero-order chi connectivity index (χ0) is 28.8. The zero-order valence-corrected chi connectivity index (χ0v) is 26.3. The molecule has 0 bridgehead atoms. The van der Waals surface area contributed by atoms with Crippen LogP contribution >= 0.6 is 0 Å². The van der Waals surface area contributed by atoms with Crippen LogP contribution in [0.1, 0.15) is 105 Å². The lowest BCUT2D eigenvalue weighted by molar-refractivity contribution is -0.0577. The second-order valence-corrected chi connectivity index (χ2v) is 15.2. The fourth-order valence-electron chi connectivity index (χ4n) is 10.4. The monoisotopic (exact) mass is 555 g/mol. The number of fused-ring (bicyclic) bond motifs is 6. The number of amides is 1. The fourth-order valence-corrected chi connectivity index (χ4v) is 10.4. The van der Waals surface area contributed by atoms with Crippen molar-refractivity contribution in [1.29, 1.82) is 0 Å². The van der Waals surface area contributed by atoms with Crippen molar-refractivity contribution < 1.29 is 9.53 Å². The number of hydrogen-bond donors (Lipinski definition) is 1. The number of carbonyl (C=O) groups excluding carboxylic acids is 1. The van der Waals surface area contributed by atoms with Crippen molar-refractivity contribution >= 4 is 22.6 Å². The Morgan fingerprint density at radius 3 is 2.59 bits per heavy atom. The van der Waals surface area contributed by atoms with E-state index in [1.54, 1.807) is 5.57 Å². The summed E-state index contributed by atoms with van der Waals surface area (Å²) in [5.41, 5.74) is 3.20. The Hall–Kier alpha value is -2.29. The Balaban J connectivity index is 1.10. The van der Waals surface area contributed by atoms with E-state index in [9.17, 15) is 4.79 Å². The standard InChI is InChI=1S/C38H53NO2/c1-25(2)10-8-11-26(3)32-18-19-33-31-17-16-28-24-29(20-22-37(28,4)34(31)21-23-38(32,33)5)41-36(40)39-35-15-9-13-27-12-6-7-14-30(27)35/h6-7,9,12-16,25-26,29,31-34H,8,10-11,17-24H2,1-5H3,(H,39,40). The lowest BCUT2D eigenvalue weighted by atomic mass is 9.47. The van der Waals surface area contributed by atoms with Gasteiger partial charge in [0.15, 0.2) is 0 Å². The Morgan fingerprint density at radius 1 is 0.951 bits per heavy atom. The summed E-state index contributed by atoms with van der Waals surface area (Å²) in [5.74, 6) is 5.10. The fraction of sp³-hybridized carbons (Fsp3) is 0.658. The maximum Gasteiger partial charge on any atom is 0.411 e. The van der Waals surface area contributed by atoms with Crippen molar-refractivity contribution in [3.05, 3.63) is 54.1 Å². The first kappa shape index (κ1) is 28.8. The molecule has 3 heteroatoms. The number of allylic oxidation sites excluding steroid dienone is 1. The van der Waals surface area contributed by atoms with Crippen LogP contribution in [0.3, 0.4) is 0 Å². The molecule has 2 aromatic rings. The van der Waals surface area contributed by atoms with E-state index in [0.717, 1.165) is 71.2 Å². The molecule has 0 spiro atoms. The van der Waals surface area contributed by atoms with Crippen molar-refractivity contribution in [2.45, 2.75) is 111 Å². The number of anilines is 1. The Bertz CT molecular complexity index is 1270. The van der Waals surface area contributed by atoms with Gasteiger partial charge in [-0.3, -0.25) is 5.32 Å². The van der Waals surface area contributed by atoms with Gasteiger partial charge in [-0.2, -0.15) is 0 Å². The first-order chi connectivity index (χ1) is 19.7. The number of carbonyl (C=O) groups is 1. The van der Waals surface area contributed by atoms with Crippen LogP contribution in [0.2, 0.25) is 0 Å². The Kier molecular flexibility index (Phi) is 8.02. The maximum absolute atomic E-state index is 13.0. The zero-order valence-electron chi connectivity index (χ0n) is 26.3. The molecule has 3 fully saturated rings. The van der Waals surface area contributed by atoms with E-state index in [1.165, 1.54) is 51.4 Å². The summed E-state index contributed by atoms with van der Waals surface area (Å²) in [5, 5.41) is 5.21. The second kappa shape index (κ2) is 11.4. The molecule has 8 unspecified atom stereocenters. The molecular formula is C38H53NO2. The van der Waals surface area contributed by atoms with Crippen molar-refractivity contribution in [2.75, 3.05) is 5.32 Å². The van der Waals surface area contributed by atoms with E-state index < -0.39 is 0 Å². The number of rotatable bonds is 7. The van der Waals surface area contributed by atoms with Crippen molar-refractivity contribution in [2.24, 2.45) is 46.3 Å². The molecule has 1 amide bonds. The van der Waals surface area contributed by atoms with Gasteiger partial charge in [0.05, 0.1) is 5.69 Å². The summed E-state index contributed by atoms with van der Waals surface area (Å²) in [7, 11) is 0. The van der Waals surface area contributed by atoms with Crippen LogP contribution in [0.5, 0.6) is 0 Å². The van der Waals surface area contributed by atoms with Crippen LogP contribution in [0.15, 0.2) is 54.1 Å². The molecule has 8 atom stereocenters.